The molecule has 1 aromatic carbocycles. The van der Waals surface area contributed by atoms with E-state index < -0.39 is 0 Å². The molecule has 0 spiro atoms. The van der Waals surface area contributed by atoms with Crippen molar-refractivity contribution in [3.8, 4) is 0 Å². The molecule has 0 fully saturated rings. The number of rotatable bonds is 3. The highest BCUT2D eigenvalue weighted by Crippen LogP contribution is 2.20. The van der Waals surface area contributed by atoms with E-state index in [0.29, 0.717) is 5.69 Å². The van der Waals surface area contributed by atoms with Crippen molar-refractivity contribution in [2.75, 3.05) is 11.1 Å². The number of nitrogens with zero attached hydrogens (tertiary/aromatic N) is 1. The summed E-state index contributed by atoms with van der Waals surface area (Å²) >= 11 is 0. The minimum atomic E-state index is 0.229. The number of hydrogen-bond donors (Lipinski definition) is 2. The molecule has 2 rings (SSSR count). The van der Waals surface area contributed by atoms with Gasteiger partial charge in [-0.1, -0.05) is 24.3 Å². The monoisotopic (exact) mass is 227 g/mol. The van der Waals surface area contributed by atoms with E-state index in [1.165, 1.54) is 11.1 Å². The van der Waals surface area contributed by atoms with Gasteiger partial charge >= 0.3 is 0 Å². The van der Waals surface area contributed by atoms with E-state index in [4.69, 9.17) is 5.73 Å². The summed E-state index contributed by atoms with van der Waals surface area (Å²) in [7, 11) is 0. The summed E-state index contributed by atoms with van der Waals surface area (Å²) in [5.74, 6) is 0.843. The summed E-state index contributed by atoms with van der Waals surface area (Å²) < 4.78 is 0. The van der Waals surface area contributed by atoms with Crippen molar-refractivity contribution >= 4 is 11.5 Å². The lowest BCUT2D eigenvalue weighted by Gasteiger charge is -2.17. The molecule has 1 atom stereocenters. The largest absolute Gasteiger partial charge is 0.397 e. The maximum Gasteiger partial charge on any atom is 0.126 e. The summed E-state index contributed by atoms with van der Waals surface area (Å²) in [6.45, 7) is 4.24. The van der Waals surface area contributed by atoms with Crippen LogP contribution in [0.5, 0.6) is 0 Å². The number of benzene rings is 1. The minimum absolute atomic E-state index is 0.229. The lowest BCUT2D eigenvalue weighted by atomic mass is 10.0. The van der Waals surface area contributed by atoms with E-state index in [-0.39, 0.29) is 6.04 Å². The Kier molecular flexibility index (Phi) is 3.28. The number of anilines is 2. The van der Waals surface area contributed by atoms with Crippen LogP contribution in [0.25, 0.3) is 0 Å². The van der Waals surface area contributed by atoms with E-state index in [2.05, 4.69) is 42.3 Å². The standard InChI is InChI=1S/C14H17N3/c1-10-5-3-4-6-13(10)11(2)17-14-8-7-12(15)9-16-14/h3-9,11H,15H2,1-2H3,(H,16,17). The van der Waals surface area contributed by atoms with Crippen LogP contribution in [0.1, 0.15) is 24.1 Å². The van der Waals surface area contributed by atoms with Crippen LogP contribution in [0.4, 0.5) is 11.5 Å². The Morgan fingerprint density at radius 2 is 1.94 bits per heavy atom. The van der Waals surface area contributed by atoms with Gasteiger partial charge in [0.05, 0.1) is 17.9 Å². The van der Waals surface area contributed by atoms with Gasteiger partial charge in [0.2, 0.25) is 0 Å². The molecule has 0 aliphatic carbocycles. The van der Waals surface area contributed by atoms with Crippen LogP contribution in [-0.2, 0) is 0 Å². The number of hydrogen-bond acceptors (Lipinski definition) is 3. The highest BCUT2D eigenvalue weighted by molar-refractivity contribution is 5.45. The number of nitrogens with one attached hydrogen (secondary N) is 1. The van der Waals surface area contributed by atoms with Gasteiger partial charge in [0.15, 0.2) is 0 Å². The van der Waals surface area contributed by atoms with Crippen LogP contribution >= 0.6 is 0 Å². The van der Waals surface area contributed by atoms with Crippen LogP contribution < -0.4 is 11.1 Å². The van der Waals surface area contributed by atoms with Crippen molar-refractivity contribution in [3.05, 3.63) is 53.7 Å². The second-order valence-corrected chi connectivity index (χ2v) is 4.20. The average molecular weight is 227 g/mol. The van der Waals surface area contributed by atoms with Gasteiger partial charge in [0, 0.05) is 0 Å². The van der Waals surface area contributed by atoms with E-state index in [1.807, 2.05) is 18.2 Å². The first-order chi connectivity index (χ1) is 8.16. The second kappa shape index (κ2) is 4.87. The van der Waals surface area contributed by atoms with Gasteiger partial charge in [-0.15, -0.1) is 0 Å². The fraction of sp³-hybridized carbons (Fsp3) is 0.214. The smallest absolute Gasteiger partial charge is 0.126 e. The number of pyridine rings is 1. The van der Waals surface area contributed by atoms with Gasteiger partial charge in [-0.25, -0.2) is 4.98 Å². The first-order valence-corrected chi connectivity index (χ1v) is 5.70. The predicted molar refractivity (Wildman–Crippen MR) is 71.9 cm³/mol. The normalized spacial score (nSPS) is 12.1. The zero-order valence-electron chi connectivity index (χ0n) is 10.1. The van der Waals surface area contributed by atoms with Crippen LogP contribution in [0.15, 0.2) is 42.6 Å². The molecular weight excluding hydrogens is 210 g/mol. The molecule has 88 valence electrons. The van der Waals surface area contributed by atoms with Crippen LogP contribution in [-0.4, -0.2) is 4.98 Å². The molecule has 3 N–H and O–H groups in total. The average Bonchev–Trinajstić information content (AvgIpc) is 2.32. The molecule has 0 aliphatic heterocycles. The molecule has 0 amide bonds. The van der Waals surface area contributed by atoms with Gasteiger partial charge in [0.25, 0.3) is 0 Å². The third-order valence-corrected chi connectivity index (χ3v) is 2.81. The minimum Gasteiger partial charge on any atom is -0.397 e. The van der Waals surface area contributed by atoms with Gasteiger partial charge in [-0.2, -0.15) is 0 Å². The van der Waals surface area contributed by atoms with Gasteiger partial charge in [-0.3, -0.25) is 0 Å². The molecule has 3 nitrogen and oxygen atoms in total. The van der Waals surface area contributed by atoms with Crippen molar-refractivity contribution in [2.45, 2.75) is 19.9 Å². The maximum absolute atomic E-state index is 5.60. The molecule has 1 aromatic heterocycles. The van der Waals surface area contributed by atoms with Crippen molar-refractivity contribution in [1.29, 1.82) is 0 Å². The number of aromatic nitrogens is 1. The Morgan fingerprint density at radius 3 is 2.59 bits per heavy atom. The Morgan fingerprint density at radius 1 is 1.18 bits per heavy atom. The van der Waals surface area contributed by atoms with Crippen molar-refractivity contribution in [2.24, 2.45) is 0 Å². The molecule has 1 heterocycles. The number of nitrogens with two attached hydrogens (primary N) is 1. The molecule has 0 saturated carbocycles. The molecule has 1 unspecified atom stereocenters. The van der Waals surface area contributed by atoms with Crippen molar-refractivity contribution in [3.63, 3.8) is 0 Å². The van der Waals surface area contributed by atoms with Gasteiger partial charge in [-0.05, 0) is 37.1 Å². The summed E-state index contributed by atoms with van der Waals surface area (Å²) in [5, 5.41) is 3.36. The molecule has 0 bridgehead atoms. The topological polar surface area (TPSA) is 50.9 Å². The molecule has 2 aromatic rings. The summed E-state index contributed by atoms with van der Waals surface area (Å²) in [4.78, 5) is 4.24. The van der Waals surface area contributed by atoms with Crippen molar-refractivity contribution < 1.29 is 0 Å². The van der Waals surface area contributed by atoms with Crippen LogP contribution in [0.3, 0.4) is 0 Å². The van der Waals surface area contributed by atoms with Gasteiger partial charge < -0.3 is 11.1 Å². The fourth-order valence-corrected chi connectivity index (χ4v) is 1.86. The Bertz CT molecular complexity index is 491. The summed E-state index contributed by atoms with van der Waals surface area (Å²) in [6.07, 6.45) is 1.66. The van der Waals surface area contributed by atoms with Crippen molar-refractivity contribution in [1.82, 2.24) is 4.98 Å². The summed E-state index contributed by atoms with van der Waals surface area (Å²) in [6, 6.07) is 12.3. The zero-order valence-corrected chi connectivity index (χ0v) is 10.1. The lowest BCUT2D eigenvalue weighted by Crippen LogP contribution is -2.09. The molecule has 3 heteroatoms. The number of aryl methyl sites for hydroxylation is 1. The highest BCUT2D eigenvalue weighted by atomic mass is 15.0. The molecule has 0 aliphatic rings. The van der Waals surface area contributed by atoms with E-state index >= 15 is 0 Å². The first kappa shape index (κ1) is 11.5. The summed E-state index contributed by atoms with van der Waals surface area (Å²) in [5.41, 5.74) is 8.85. The quantitative estimate of drug-likeness (QED) is 0.847. The van der Waals surface area contributed by atoms with E-state index in [1.54, 1.807) is 6.20 Å². The highest BCUT2D eigenvalue weighted by Gasteiger charge is 2.07. The van der Waals surface area contributed by atoms with Gasteiger partial charge in [0.1, 0.15) is 5.82 Å². The Balaban J connectivity index is 2.14. The Labute approximate surface area is 102 Å². The number of nitrogen functional groups attached to an aromatic ring is 1. The fourth-order valence-electron chi connectivity index (χ4n) is 1.86. The third kappa shape index (κ3) is 2.75. The van der Waals surface area contributed by atoms with E-state index in [9.17, 15) is 0 Å². The molecule has 0 saturated heterocycles. The molecule has 17 heavy (non-hydrogen) atoms. The van der Waals surface area contributed by atoms with Crippen LogP contribution in [0.2, 0.25) is 0 Å². The molecular formula is C14H17N3. The lowest BCUT2D eigenvalue weighted by molar-refractivity contribution is 0.865. The first-order valence-electron chi connectivity index (χ1n) is 5.70. The maximum atomic E-state index is 5.60. The zero-order chi connectivity index (χ0) is 12.3. The molecule has 0 radical (unpaired) electrons. The Hall–Kier alpha value is -2.03. The predicted octanol–water partition coefficient (Wildman–Crippen LogP) is 3.15. The van der Waals surface area contributed by atoms with E-state index in [0.717, 1.165) is 5.82 Å². The second-order valence-electron chi connectivity index (χ2n) is 4.20. The third-order valence-electron chi connectivity index (χ3n) is 2.81. The SMILES string of the molecule is Cc1ccccc1C(C)Nc1ccc(N)cn1. The van der Waals surface area contributed by atoms with Crippen LogP contribution in [0, 0.1) is 6.92 Å².